The first-order valence-electron chi connectivity index (χ1n) is 10.3. The Bertz CT molecular complexity index is 819. The van der Waals surface area contributed by atoms with Crippen LogP contribution >= 0.6 is 0 Å². The minimum Gasteiger partial charge on any atom is -0.489 e. The molecule has 158 valence electrons. The number of aliphatic imine (C=N–C) groups is 1. The molecule has 8 nitrogen and oxygen atoms in total. The summed E-state index contributed by atoms with van der Waals surface area (Å²) >= 11 is 0. The summed E-state index contributed by atoms with van der Waals surface area (Å²) in [5.74, 6) is 3.48. The number of para-hydroxylation sites is 1. The van der Waals surface area contributed by atoms with Crippen LogP contribution in [0.4, 0.5) is 0 Å². The Morgan fingerprint density at radius 2 is 2.21 bits per heavy atom. The SMILES string of the molecule is CCNC(=NCC(C)Oc1ccccc1C)NC1CCc2nc(COC)nn2C1. The highest BCUT2D eigenvalue weighted by Gasteiger charge is 2.22. The molecule has 1 aromatic carbocycles. The molecule has 0 saturated heterocycles. The van der Waals surface area contributed by atoms with Crippen LogP contribution in [0.2, 0.25) is 0 Å². The van der Waals surface area contributed by atoms with Crippen LogP contribution in [0, 0.1) is 6.92 Å². The molecule has 0 aliphatic carbocycles. The Hall–Kier alpha value is -2.61. The van der Waals surface area contributed by atoms with Crippen molar-refractivity contribution in [2.24, 2.45) is 4.99 Å². The number of hydrogen-bond donors (Lipinski definition) is 2. The van der Waals surface area contributed by atoms with Crippen molar-refractivity contribution in [2.45, 2.75) is 58.9 Å². The van der Waals surface area contributed by atoms with E-state index in [-0.39, 0.29) is 12.1 Å². The van der Waals surface area contributed by atoms with Gasteiger partial charge in [0.25, 0.3) is 0 Å². The molecule has 1 aliphatic heterocycles. The first-order chi connectivity index (χ1) is 14.1. The van der Waals surface area contributed by atoms with Crippen LogP contribution < -0.4 is 15.4 Å². The zero-order valence-corrected chi connectivity index (χ0v) is 17.8. The van der Waals surface area contributed by atoms with Gasteiger partial charge < -0.3 is 20.1 Å². The highest BCUT2D eigenvalue weighted by molar-refractivity contribution is 5.80. The smallest absolute Gasteiger partial charge is 0.191 e. The highest BCUT2D eigenvalue weighted by atomic mass is 16.5. The minimum absolute atomic E-state index is 0.0172. The van der Waals surface area contributed by atoms with Gasteiger partial charge in [0.1, 0.15) is 24.3 Å². The van der Waals surface area contributed by atoms with E-state index in [4.69, 9.17) is 14.5 Å². The quantitative estimate of drug-likeness (QED) is 0.521. The Morgan fingerprint density at radius 1 is 1.38 bits per heavy atom. The van der Waals surface area contributed by atoms with E-state index >= 15 is 0 Å². The minimum atomic E-state index is -0.0172. The van der Waals surface area contributed by atoms with Crippen LogP contribution in [0.15, 0.2) is 29.3 Å². The fourth-order valence-corrected chi connectivity index (χ4v) is 3.34. The summed E-state index contributed by atoms with van der Waals surface area (Å²) < 4.78 is 13.2. The summed E-state index contributed by atoms with van der Waals surface area (Å²) in [4.78, 5) is 9.26. The maximum Gasteiger partial charge on any atom is 0.191 e. The van der Waals surface area contributed by atoms with Crippen LogP contribution in [-0.2, 0) is 24.3 Å². The second-order valence-corrected chi connectivity index (χ2v) is 7.35. The zero-order chi connectivity index (χ0) is 20.6. The van der Waals surface area contributed by atoms with Crippen molar-refractivity contribution in [2.75, 3.05) is 20.2 Å². The van der Waals surface area contributed by atoms with Gasteiger partial charge in [-0.25, -0.2) is 14.7 Å². The lowest BCUT2D eigenvalue weighted by molar-refractivity contribution is 0.177. The normalized spacial score (nSPS) is 17.5. The number of nitrogens with zero attached hydrogens (tertiary/aromatic N) is 4. The Morgan fingerprint density at radius 3 is 2.97 bits per heavy atom. The Balaban J connectivity index is 1.57. The van der Waals surface area contributed by atoms with Crippen molar-refractivity contribution in [1.29, 1.82) is 0 Å². The number of benzene rings is 1. The van der Waals surface area contributed by atoms with Crippen LogP contribution in [0.5, 0.6) is 5.75 Å². The fourth-order valence-electron chi connectivity index (χ4n) is 3.34. The first kappa shape index (κ1) is 21.1. The van der Waals surface area contributed by atoms with E-state index in [0.29, 0.717) is 13.2 Å². The molecule has 29 heavy (non-hydrogen) atoms. The van der Waals surface area contributed by atoms with Gasteiger partial charge in [-0.3, -0.25) is 0 Å². The summed E-state index contributed by atoms with van der Waals surface area (Å²) in [6, 6.07) is 8.31. The number of aromatic nitrogens is 3. The summed E-state index contributed by atoms with van der Waals surface area (Å²) in [7, 11) is 1.66. The van der Waals surface area contributed by atoms with E-state index < -0.39 is 0 Å². The number of guanidine groups is 1. The molecule has 3 rings (SSSR count). The van der Waals surface area contributed by atoms with Crippen molar-refractivity contribution >= 4 is 5.96 Å². The van der Waals surface area contributed by atoms with Crippen molar-refractivity contribution in [3.8, 4) is 5.75 Å². The molecule has 1 aliphatic rings. The van der Waals surface area contributed by atoms with E-state index in [1.807, 2.05) is 29.8 Å². The summed E-state index contributed by atoms with van der Waals surface area (Å²) in [6.07, 6.45) is 1.86. The predicted molar refractivity (Wildman–Crippen MR) is 113 cm³/mol. The van der Waals surface area contributed by atoms with Crippen molar-refractivity contribution in [1.82, 2.24) is 25.4 Å². The molecule has 2 atom stereocenters. The van der Waals surface area contributed by atoms with E-state index in [9.17, 15) is 0 Å². The van der Waals surface area contributed by atoms with Gasteiger partial charge in [-0.2, -0.15) is 5.10 Å². The fraction of sp³-hybridized carbons (Fsp3) is 0.571. The van der Waals surface area contributed by atoms with Crippen LogP contribution in [0.3, 0.4) is 0 Å². The summed E-state index contributed by atoms with van der Waals surface area (Å²) in [6.45, 7) is 8.75. The van der Waals surface area contributed by atoms with Gasteiger partial charge in [-0.05, 0) is 38.8 Å². The summed E-state index contributed by atoms with van der Waals surface area (Å²) in [5, 5.41) is 11.4. The third kappa shape index (κ3) is 5.93. The molecule has 0 bridgehead atoms. The highest BCUT2D eigenvalue weighted by Crippen LogP contribution is 2.18. The molecule has 2 heterocycles. The van der Waals surface area contributed by atoms with Gasteiger partial charge in [0.15, 0.2) is 11.8 Å². The summed E-state index contributed by atoms with van der Waals surface area (Å²) in [5.41, 5.74) is 1.13. The van der Waals surface area contributed by atoms with Gasteiger partial charge in [0.2, 0.25) is 0 Å². The lowest BCUT2D eigenvalue weighted by atomic mass is 10.1. The molecule has 2 aromatic rings. The molecule has 1 aromatic heterocycles. The number of ether oxygens (including phenoxy) is 2. The second kappa shape index (κ2) is 10.2. The molecule has 8 heteroatoms. The maximum atomic E-state index is 6.04. The average Bonchev–Trinajstić information content (AvgIpc) is 3.10. The van der Waals surface area contributed by atoms with E-state index in [2.05, 4.69) is 40.6 Å². The monoisotopic (exact) mass is 400 g/mol. The Kier molecular flexibility index (Phi) is 7.46. The van der Waals surface area contributed by atoms with Crippen LogP contribution in [0.25, 0.3) is 0 Å². The lowest BCUT2D eigenvalue weighted by Crippen LogP contribution is -2.47. The molecule has 2 N–H and O–H groups in total. The van der Waals surface area contributed by atoms with E-state index in [0.717, 1.165) is 54.9 Å². The molecule has 2 unspecified atom stereocenters. The molecule has 0 fully saturated rings. The average molecular weight is 401 g/mol. The van der Waals surface area contributed by atoms with E-state index in [1.54, 1.807) is 7.11 Å². The molecule has 0 radical (unpaired) electrons. The van der Waals surface area contributed by atoms with Crippen LogP contribution in [0.1, 0.15) is 37.5 Å². The largest absolute Gasteiger partial charge is 0.489 e. The number of nitrogens with one attached hydrogen (secondary N) is 2. The number of aryl methyl sites for hydroxylation is 2. The number of rotatable bonds is 8. The topological polar surface area (TPSA) is 85.6 Å². The van der Waals surface area contributed by atoms with Gasteiger partial charge in [0.05, 0.1) is 13.1 Å². The number of methoxy groups -OCH3 is 1. The number of hydrogen-bond acceptors (Lipinski definition) is 5. The second-order valence-electron chi connectivity index (χ2n) is 7.35. The third-order valence-corrected chi connectivity index (χ3v) is 4.79. The van der Waals surface area contributed by atoms with Crippen LogP contribution in [-0.4, -0.2) is 53.1 Å². The lowest BCUT2D eigenvalue weighted by Gasteiger charge is -2.25. The maximum absolute atomic E-state index is 6.04. The third-order valence-electron chi connectivity index (χ3n) is 4.79. The molecular weight excluding hydrogens is 368 g/mol. The van der Waals surface area contributed by atoms with Crippen molar-refractivity contribution in [3.05, 3.63) is 41.5 Å². The van der Waals surface area contributed by atoms with Gasteiger partial charge in [-0.15, -0.1) is 0 Å². The van der Waals surface area contributed by atoms with Crippen molar-refractivity contribution in [3.63, 3.8) is 0 Å². The van der Waals surface area contributed by atoms with Crippen molar-refractivity contribution < 1.29 is 9.47 Å². The zero-order valence-electron chi connectivity index (χ0n) is 17.8. The van der Waals surface area contributed by atoms with E-state index in [1.165, 1.54) is 0 Å². The molecule has 0 amide bonds. The molecule has 0 saturated carbocycles. The van der Waals surface area contributed by atoms with Gasteiger partial charge >= 0.3 is 0 Å². The van der Waals surface area contributed by atoms with Gasteiger partial charge in [0, 0.05) is 26.1 Å². The molecular formula is C21H32N6O2. The van der Waals surface area contributed by atoms with Gasteiger partial charge in [-0.1, -0.05) is 18.2 Å². The predicted octanol–water partition coefficient (Wildman–Crippen LogP) is 2.07. The first-order valence-corrected chi connectivity index (χ1v) is 10.3. The number of fused-ring (bicyclic) bond motifs is 1. The standard InChI is InChI=1S/C21H32N6O2/c1-5-22-21(23-12-16(3)29-18-9-7-6-8-15(18)2)24-17-10-11-20-25-19(14-28-4)26-27(20)13-17/h6-9,16-17H,5,10-14H2,1-4H3,(H2,22,23,24). The Labute approximate surface area is 172 Å². The molecule has 0 spiro atoms.